The third kappa shape index (κ3) is 3.46. The van der Waals surface area contributed by atoms with Gasteiger partial charge in [-0.1, -0.05) is 30.9 Å². The van der Waals surface area contributed by atoms with Gasteiger partial charge in [-0.05, 0) is 39.1 Å². The van der Waals surface area contributed by atoms with Crippen LogP contribution in [0.25, 0.3) is 0 Å². The Balaban J connectivity index is 1.98. The highest BCUT2D eigenvalue weighted by Gasteiger charge is 2.34. The second-order valence-corrected chi connectivity index (χ2v) is 5.99. The number of hydrogen-bond donors (Lipinski definition) is 1. The molecule has 110 valence electrons. The van der Waals surface area contributed by atoms with Crippen LogP contribution >= 0.6 is 11.6 Å². The Kier molecular flexibility index (Phi) is 4.94. The quantitative estimate of drug-likeness (QED) is 0.925. The van der Waals surface area contributed by atoms with Crippen LogP contribution in [-0.4, -0.2) is 47.2 Å². The molecule has 0 unspecified atom stereocenters. The van der Waals surface area contributed by atoms with Crippen LogP contribution in [0, 0.1) is 0 Å². The Morgan fingerprint density at radius 3 is 2.55 bits per heavy atom. The van der Waals surface area contributed by atoms with E-state index in [0.717, 1.165) is 12.8 Å². The zero-order valence-corrected chi connectivity index (χ0v) is 12.8. The van der Waals surface area contributed by atoms with Crippen molar-refractivity contribution in [2.75, 3.05) is 20.6 Å². The lowest BCUT2D eigenvalue weighted by molar-refractivity contribution is 0.0795. The lowest BCUT2D eigenvalue weighted by atomic mass is 9.80. The average Bonchev–Trinajstić information content (AvgIpc) is 2.46. The zero-order valence-electron chi connectivity index (χ0n) is 12.0. The lowest BCUT2D eigenvalue weighted by Gasteiger charge is -2.43. The van der Waals surface area contributed by atoms with Crippen molar-refractivity contribution in [1.29, 1.82) is 0 Å². The predicted octanol–water partition coefficient (Wildman–Crippen LogP) is 2.12. The Bertz CT molecular complexity index is 455. The van der Waals surface area contributed by atoms with Crippen molar-refractivity contribution < 1.29 is 4.79 Å². The third-order valence-corrected chi connectivity index (χ3v) is 4.38. The lowest BCUT2D eigenvalue weighted by Crippen LogP contribution is -2.53. The van der Waals surface area contributed by atoms with Crippen LogP contribution < -0.4 is 5.32 Å². The molecule has 1 fully saturated rings. The second kappa shape index (κ2) is 6.50. The fraction of sp³-hybridized carbons (Fsp3) is 0.643. The third-order valence-electron chi connectivity index (χ3n) is 4.18. The van der Waals surface area contributed by atoms with E-state index in [2.05, 4.69) is 34.5 Å². The number of hydrogen-bond acceptors (Lipinski definition) is 4. The molecule has 0 radical (unpaired) electrons. The molecule has 1 aliphatic rings. The molecule has 6 heteroatoms. The number of likely N-dealkylation sites (N-methyl/N-ethyl adjacent to an activating group) is 1. The van der Waals surface area contributed by atoms with Gasteiger partial charge in [0.1, 0.15) is 0 Å². The van der Waals surface area contributed by atoms with Gasteiger partial charge < -0.3 is 10.2 Å². The summed E-state index contributed by atoms with van der Waals surface area (Å²) in [7, 11) is 4.17. The summed E-state index contributed by atoms with van der Waals surface area (Å²) in [5.74, 6) is -0.194. The number of aromatic nitrogens is 2. The van der Waals surface area contributed by atoms with E-state index in [1.165, 1.54) is 19.3 Å². The molecule has 0 aromatic carbocycles. The van der Waals surface area contributed by atoms with E-state index < -0.39 is 0 Å². The molecule has 1 N–H and O–H groups in total. The minimum absolute atomic E-state index is 0.0633. The van der Waals surface area contributed by atoms with Gasteiger partial charge in [-0.25, -0.2) is 0 Å². The van der Waals surface area contributed by atoms with Crippen molar-refractivity contribution in [2.24, 2.45) is 0 Å². The fourth-order valence-corrected chi connectivity index (χ4v) is 2.87. The molecule has 0 aliphatic heterocycles. The molecule has 1 aromatic heterocycles. The van der Waals surface area contributed by atoms with Crippen molar-refractivity contribution in [3.05, 3.63) is 23.0 Å². The van der Waals surface area contributed by atoms with Crippen LogP contribution in [-0.2, 0) is 0 Å². The summed E-state index contributed by atoms with van der Waals surface area (Å²) in [5.41, 5.74) is 0.368. The monoisotopic (exact) mass is 296 g/mol. The van der Waals surface area contributed by atoms with Gasteiger partial charge in [0.2, 0.25) is 0 Å². The fourth-order valence-electron chi connectivity index (χ4n) is 2.76. The smallest absolute Gasteiger partial charge is 0.271 e. The predicted molar refractivity (Wildman–Crippen MR) is 78.9 cm³/mol. The molecule has 1 aliphatic carbocycles. The molecule has 1 amide bonds. The standard InChI is InChI=1S/C14H21ClN4O/c1-19(2)14(8-4-3-5-9-14)10-16-13(20)11-6-7-12(15)18-17-11/h6-7H,3-5,8-10H2,1-2H3,(H,16,20). The average molecular weight is 297 g/mol. The van der Waals surface area contributed by atoms with Crippen LogP contribution in [0.3, 0.4) is 0 Å². The van der Waals surface area contributed by atoms with Crippen molar-refractivity contribution >= 4 is 17.5 Å². The molecular weight excluding hydrogens is 276 g/mol. The number of carbonyl (C=O) groups is 1. The molecule has 0 spiro atoms. The molecule has 0 saturated heterocycles. The largest absolute Gasteiger partial charge is 0.349 e. The first kappa shape index (κ1) is 15.2. The Hall–Kier alpha value is -1.20. The van der Waals surface area contributed by atoms with E-state index in [4.69, 9.17) is 11.6 Å². The summed E-state index contributed by atoms with van der Waals surface area (Å²) in [6.45, 7) is 0.642. The molecular formula is C14H21ClN4O. The van der Waals surface area contributed by atoms with Crippen LogP contribution in [0.5, 0.6) is 0 Å². The second-order valence-electron chi connectivity index (χ2n) is 5.60. The van der Waals surface area contributed by atoms with E-state index in [1.54, 1.807) is 12.1 Å². The van der Waals surface area contributed by atoms with Crippen LogP contribution in [0.1, 0.15) is 42.6 Å². The topological polar surface area (TPSA) is 58.1 Å². The van der Waals surface area contributed by atoms with Crippen molar-refractivity contribution in [1.82, 2.24) is 20.4 Å². The summed E-state index contributed by atoms with van der Waals surface area (Å²) < 4.78 is 0. The maximum absolute atomic E-state index is 12.1. The van der Waals surface area contributed by atoms with Gasteiger partial charge in [-0.2, -0.15) is 0 Å². The van der Waals surface area contributed by atoms with Crippen LogP contribution in [0.15, 0.2) is 12.1 Å². The molecule has 2 rings (SSSR count). The van der Waals surface area contributed by atoms with Gasteiger partial charge >= 0.3 is 0 Å². The Morgan fingerprint density at radius 2 is 2.00 bits per heavy atom. The first-order valence-corrected chi connectivity index (χ1v) is 7.36. The number of amides is 1. The molecule has 0 atom stereocenters. The molecule has 1 heterocycles. The zero-order chi connectivity index (χ0) is 14.6. The molecule has 0 bridgehead atoms. The molecule has 5 nitrogen and oxygen atoms in total. The summed E-state index contributed by atoms with van der Waals surface area (Å²) in [6, 6.07) is 3.17. The van der Waals surface area contributed by atoms with Crippen molar-refractivity contribution in [2.45, 2.75) is 37.6 Å². The van der Waals surface area contributed by atoms with E-state index in [-0.39, 0.29) is 11.4 Å². The minimum atomic E-state index is -0.194. The molecule has 1 aromatic rings. The minimum Gasteiger partial charge on any atom is -0.349 e. The Labute approximate surface area is 124 Å². The Morgan fingerprint density at radius 1 is 1.30 bits per heavy atom. The number of carbonyl (C=O) groups excluding carboxylic acids is 1. The van der Waals surface area contributed by atoms with Crippen molar-refractivity contribution in [3.63, 3.8) is 0 Å². The molecule has 20 heavy (non-hydrogen) atoms. The SMILES string of the molecule is CN(C)C1(CNC(=O)c2ccc(Cl)nn2)CCCCC1. The highest BCUT2D eigenvalue weighted by Crippen LogP contribution is 2.31. The summed E-state index contributed by atoms with van der Waals surface area (Å²) in [6.07, 6.45) is 5.95. The van der Waals surface area contributed by atoms with E-state index in [1.807, 2.05) is 0 Å². The number of rotatable bonds is 4. The summed E-state index contributed by atoms with van der Waals surface area (Å²) in [4.78, 5) is 14.3. The first-order valence-electron chi connectivity index (χ1n) is 6.98. The first-order chi connectivity index (χ1) is 9.53. The maximum atomic E-state index is 12.1. The van der Waals surface area contributed by atoms with Gasteiger partial charge in [0.15, 0.2) is 10.8 Å². The highest BCUT2D eigenvalue weighted by atomic mass is 35.5. The van der Waals surface area contributed by atoms with E-state index in [0.29, 0.717) is 17.4 Å². The van der Waals surface area contributed by atoms with E-state index in [9.17, 15) is 4.79 Å². The van der Waals surface area contributed by atoms with Gasteiger partial charge in [0, 0.05) is 12.1 Å². The number of halogens is 1. The summed E-state index contributed by atoms with van der Waals surface area (Å²) >= 11 is 5.67. The number of nitrogens with one attached hydrogen (secondary N) is 1. The van der Waals surface area contributed by atoms with Gasteiger partial charge in [0.05, 0.1) is 0 Å². The maximum Gasteiger partial charge on any atom is 0.271 e. The van der Waals surface area contributed by atoms with E-state index >= 15 is 0 Å². The van der Waals surface area contributed by atoms with Gasteiger partial charge in [0.25, 0.3) is 5.91 Å². The number of nitrogens with zero attached hydrogens (tertiary/aromatic N) is 3. The van der Waals surface area contributed by atoms with Gasteiger partial charge in [-0.3, -0.25) is 4.79 Å². The summed E-state index contributed by atoms with van der Waals surface area (Å²) in [5, 5.41) is 10.8. The van der Waals surface area contributed by atoms with Crippen LogP contribution in [0.2, 0.25) is 5.15 Å². The van der Waals surface area contributed by atoms with Crippen molar-refractivity contribution in [3.8, 4) is 0 Å². The van der Waals surface area contributed by atoms with Crippen LogP contribution in [0.4, 0.5) is 0 Å². The van der Waals surface area contributed by atoms with Gasteiger partial charge in [-0.15, -0.1) is 10.2 Å². The molecule has 1 saturated carbocycles. The highest BCUT2D eigenvalue weighted by molar-refractivity contribution is 6.29. The normalized spacial score (nSPS) is 18.0.